The molecule has 2 N–H and O–H groups in total. The number of aromatic nitrogens is 4. The normalized spacial score (nSPS) is 11.0. The lowest BCUT2D eigenvalue weighted by atomic mass is 10.4. The second-order valence-corrected chi connectivity index (χ2v) is 5.80. The first-order valence-corrected chi connectivity index (χ1v) is 7.03. The topological polar surface area (TPSA) is 69.6 Å². The third-order valence-electron chi connectivity index (χ3n) is 2.52. The van der Waals surface area contributed by atoms with Gasteiger partial charge >= 0.3 is 0 Å². The Morgan fingerprint density at radius 3 is 2.78 bits per heavy atom. The molecule has 7 heteroatoms. The molecular formula is C11H11N5S2. The van der Waals surface area contributed by atoms with E-state index in [9.17, 15) is 0 Å². The Morgan fingerprint density at radius 1 is 1.33 bits per heavy atom. The van der Waals surface area contributed by atoms with Gasteiger partial charge in [0.2, 0.25) is 0 Å². The third kappa shape index (κ3) is 1.81. The second-order valence-electron chi connectivity index (χ2n) is 3.83. The molecule has 0 saturated heterocycles. The van der Waals surface area contributed by atoms with Crippen LogP contribution in [0.15, 0.2) is 17.5 Å². The number of hydrogen-bond donors (Lipinski definition) is 1. The van der Waals surface area contributed by atoms with E-state index in [0.717, 1.165) is 27.1 Å². The molecule has 0 saturated carbocycles. The predicted molar refractivity (Wildman–Crippen MR) is 74.6 cm³/mol. The van der Waals surface area contributed by atoms with E-state index in [1.54, 1.807) is 16.0 Å². The highest BCUT2D eigenvalue weighted by atomic mass is 32.1. The van der Waals surface area contributed by atoms with Crippen molar-refractivity contribution in [2.24, 2.45) is 7.05 Å². The van der Waals surface area contributed by atoms with Crippen molar-refractivity contribution in [2.45, 2.75) is 6.92 Å². The molecule has 0 fully saturated rings. The number of hydrogen-bond acceptors (Lipinski definition) is 6. The first-order valence-electron chi connectivity index (χ1n) is 5.33. The van der Waals surface area contributed by atoms with Gasteiger partial charge in [-0.05, 0) is 18.4 Å². The maximum absolute atomic E-state index is 5.72. The van der Waals surface area contributed by atoms with E-state index >= 15 is 0 Å². The van der Waals surface area contributed by atoms with Gasteiger partial charge in [0.15, 0.2) is 16.8 Å². The fraction of sp³-hybridized carbons (Fsp3) is 0.182. The quantitative estimate of drug-likeness (QED) is 0.781. The van der Waals surface area contributed by atoms with Gasteiger partial charge in [-0.1, -0.05) is 17.4 Å². The lowest BCUT2D eigenvalue weighted by Gasteiger charge is -1.95. The zero-order chi connectivity index (χ0) is 12.7. The Bertz CT molecular complexity index is 680. The lowest BCUT2D eigenvalue weighted by molar-refractivity contribution is 0.778. The largest absolute Gasteiger partial charge is 0.375 e. The summed E-state index contributed by atoms with van der Waals surface area (Å²) in [6, 6.07) is 4.00. The van der Waals surface area contributed by atoms with Crippen LogP contribution in [0.1, 0.15) is 5.69 Å². The average Bonchev–Trinajstić information content (AvgIpc) is 2.98. The van der Waals surface area contributed by atoms with E-state index in [2.05, 4.69) is 15.1 Å². The van der Waals surface area contributed by atoms with Gasteiger partial charge < -0.3 is 5.73 Å². The summed E-state index contributed by atoms with van der Waals surface area (Å²) in [7, 11) is 1.88. The van der Waals surface area contributed by atoms with Crippen molar-refractivity contribution in [3.05, 3.63) is 23.2 Å². The molecule has 0 aliphatic rings. The molecule has 0 spiro atoms. The number of thiazole rings is 1. The fourth-order valence-corrected chi connectivity index (χ4v) is 3.22. The molecule has 0 radical (unpaired) electrons. The van der Waals surface area contributed by atoms with Crippen LogP contribution in [0.4, 0.5) is 5.13 Å². The molecular weight excluding hydrogens is 266 g/mol. The molecule has 3 heterocycles. The zero-order valence-electron chi connectivity index (χ0n) is 9.91. The Balaban J connectivity index is 2.11. The molecule has 92 valence electrons. The lowest BCUT2D eigenvalue weighted by Crippen LogP contribution is -1.94. The summed E-state index contributed by atoms with van der Waals surface area (Å²) >= 11 is 3.07. The maximum atomic E-state index is 5.72. The summed E-state index contributed by atoms with van der Waals surface area (Å²) < 4.78 is 1.77. The van der Waals surface area contributed by atoms with Crippen LogP contribution in [-0.2, 0) is 7.05 Å². The van der Waals surface area contributed by atoms with Crippen LogP contribution in [-0.4, -0.2) is 19.7 Å². The van der Waals surface area contributed by atoms with Crippen LogP contribution in [0.25, 0.3) is 21.4 Å². The standard InChI is InChI=1S/C11H11N5S2/c1-6-8(18-11(12)13-6)10-14-9(15-16(10)2)7-4-3-5-17-7/h3-5H,1-2H3,(H2,12,13). The highest BCUT2D eigenvalue weighted by Crippen LogP contribution is 2.31. The first kappa shape index (κ1) is 11.4. The molecule has 0 unspecified atom stereocenters. The number of rotatable bonds is 2. The summed E-state index contributed by atoms with van der Waals surface area (Å²) in [6.45, 7) is 1.93. The first-order chi connectivity index (χ1) is 8.65. The number of thiophene rings is 1. The fourth-order valence-electron chi connectivity index (χ4n) is 1.72. The summed E-state index contributed by atoms with van der Waals surface area (Å²) in [5.74, 6) is 1.55. The molecule has 0 atom stereocenters. The second kappa shape index (κ2) is 4.18. The highest BCUT2D eigenvalue weighted by molar-refractivity contribution is 7.18. The van der Waals surface area contributed by atoms with E-state index in [1.165, 1.54) is 11.3 Å². The van der Waals surface area contributed by atoms with Crippen LogP contribution in [0.2, 0.25) is 0 Å². The van der Waals surface area contributed by atoms with Crippen LogP contribution in [0, 0.1) is 6.92 Å². The van der Waals surface area contributed by atoms with E-state index in [1.807, 2.05) is 31.5 Å². The minimum atomic E-state index is 0.558. The van der Waals surface area contributed by atoms with Gasteiger partial charge in [-0.15, -0.1) is 16.4 Å². The van der Waals surface area contributed by atoms with Crippen LogP contribution < -0.4 is 5.73 Å². The van der Waals surface area contributed by atoms with Gasteiger partial charge in [0.1, 0.15) is 0 Å². The van der Waals surface area contributed by atoms with Gasteiger partial charge in [-0.3, -0.25) is 0 Å². The van der Waals surface area contributed by atoms with Crippen molar-refractivity contribution in [1.29, 1.82) is 0 Å². The van der Waals surface area contributed by atoms with Crippen molar-refractivity contribution in [2.75, 3.05) is 5.73 Å². The molecule has 3 aromatic heterocycles. The number of aryl methyl sites for hydroxylation is 2. The molecule has 0 aliphatic carbocycles. The Labute approximate surface area is 112 Å². The molecule has 18 heavy (non-hydrogen) atoms. The van der Waals surface area contributed by atoms with Crippen molar-refractivity contribution < 1.29 is 0 Å². The number of anilines is 1. The summed E-state index contributed by atoms with van der Waals surface area (Å²) in [6.07, 6.45) is 0. The summed E-state index contributed by atoms with van der Waals surface area (Å²) in [4.78, 5) is 10.8. The molecule has 0 amide bonds. The van der Waals surface area contributed by atoms with Crippen molar-refractivity contribution in [1.82, 2.24) is 19.7 Å². The van der Waals surface area contributed by atoms with E-state index in [-0.39, 0.29) is 0 Å². The van der Waals surface area contributed by atoms with Gasteiger partial charge in [0.25, 0.3) is 0 Å². The molecule has 5 nitrogen and oxygen atoms in total. The summed E-state index contributed by atoms with van der Waals surface area (Å²) in [5.41, 5.74) is 6.61. The Kier molecular flexibility index (Phi) is 2.64. The van der Waals surface area contributed by atoms with Crippen molar-refractivity contribution >= 4 is 27.8 Å². The zero-order valence-corrected chi connectivity index (χ0v) is 11.5. The molecule has 0 bridgehead atoms. The van der Waals surface area contributed by atoms with Crippen LogP contribution >= 0.6 is 22.7 Å². The van der Waals surface area contributed by atoms with E-state index in [4.69, 9.17) is 5.73 Å². The van der Waals surface area contributed by atoms with Crippen LogP contribution in [0.3, 0.4) is 0 Å². The smallest absolute Gasteiger partial charge is 0.191 e. The van der Waals surface area contributed by atoms with E-state index in [0.29, 0.717) is 5.13 Å². The minimum Gasteiger partial charge on any atom is -0.375 e. The van der Waals surface area contributed by atoms with Crippen LogP contribution in [0.5, 0.6) is 0 Å². The molecule has 0 aliphatic heterocycles. The third-order valence-corrected chi connectivity index (χ3v) is 4.37. The monoisotopic (exact) mass is 277 g/mol. The van der Waals surface area contributed by atoms with E-state index < -0.39 is 0 Å². The Hall–Kier alpha value is -1.73. The van der Waals surface area contributed by atoms with Crippen molar-refractivity contribution in [3.63, 3.8) is 0 Å². The average molecular weight is 277 g/mol. The summed E-state index contributed by atoms with van der Waals surface area (Å²) in [5, 5.41) is 7.01. The minimum absolute atomic E-state index is 0.558. The van der Waals surface area contributed by atoms with Gasteiger partial charge in [-0.25, -0.2) is 14.6 Å². The number of nitrogens with zero attached hydrogens (tertiary/aromatic N) is 4. The van der Waals surface area contributed by atoms with Gasteiger partial charge in [0, 0.05) is 7.05 Å². The maximum Gasteiger partial charge on any atom is 0.191 e. The van der Waals surface area contributed by atoms with Crippen molar-refractivity contribution in [3.8, 4) is 21.4 Å². The Morgan fingerprint density at radius 2 is 2.17 bits per heavy atom. The highest BCUT2D eigenvalue weighted by Gasteiger charge is 2.16. The SMILES string of the molecule is Cc1nc(N)sc1-c1nc(-c2cccs2)nn1C. The van der Waals surface area contributed by atoms with Gasteiger partial charge in [0.05, 0.1) is 15.4 Å². The van der Waals surface area contributed by atoms with Gasteiger partial charge in [-0.2, -0.15) is 0 Å². The predicted octanol–water partition coefficient (Wildman–Crippen LogP) is 2.56. The molecule has 3 rings (SSSR count). The number of nitrogens with two attached hydrogens (primary N) is 1. The molecule has 3 aromatic rings. The molecule has 0 aromatic carbocycles. The number of nitrogen functional groups attached to an aromatic ring is 1.